The lowest BCUT2D eigenvalue weighted by molar-refractivity contribution is -0.384. The fraction of sp³-hybridized carbons (Fsp3) is 0.455. The maximum Gasteiger partial charge on any atom is 0.292 e. The summed E-state index contributed by atoms with van der Waals surface area (Å²) >= 11 is 0. The fourth-order valence-corrected chi connectivity index (χ4v) is 1.29. The van der Waals surface area contributed by atoms with Crippen LogP contribution in [0.3, 0.4) is 0 Å². The van der Waals surface area contributed by atoms with E-state index >= 15 is 0 Å². The van der Waals surface area contributed by atoms with Crippen molar-refractivity contribution in [3.05, 3.63) is 33.9 Å². The molecule has 88 valence electrons. The molecule has 1 atom stereocenters. The lowest BCUT2D eigenvalue weighted by Gasteiger charge is -2.11. The van der Waals surface area contributed by atoms with Crippen LogP contribution in [0.25, 0.3) is 0 Å². The van der Waals surface area contributed by atoms with E-state index in [1.165, 1.54) is 6.07 Å². The molecule has 1 rings (SSSR count). The third-order valence-corrected chi connectivity index (χ3v) is 2.30. The molecule has 0 bridgehead atoms. The van der Waals surface area contributed by atoms with E-state index in [1.54, 1.807) is 6.07 Å². The van der Waals surface area contributed by atoms with E-state index in [0.29, 0.717) is 12.2 Å². The van der Waals surface area contributed by atoms with E-state index < -0.39 is 4.92 Å². The number of anilines is 1. The van der Waals surface area contributed by atoms with Crippen LogP contribution in [0.2, 0.25) is 0 Å². The highest BCUT2D eigenvalue weighted by Gasteiger charge is 2.13. The second-order valence-corrected chi connectivity index (χ2v) is 3.95. The number of nitrogens with zero attached hydrogens (tertiary/aromatic N) is 1. The Morgan fingerprint density at radius 2 is 2.25 bits per heavy atom. The van der Waals surface area contributed by atoms with Crippen LogP contribution < -0.4 is 5.32 Å². The van der Waals surface area contributed by atoms with Gasteiger partial charge in [0.15, 0.2) is 0 Å². The zero-order valence-electron chi connectivity index (χ0n) is 9.43. The van der Waals surface area contributed by atoms with Gasteiger partial charge in [0.05, 0.1) is 4.92 Å². The molecule has 0 heterocycles. The van der Waals surface area contributed by atoms with Gasteiger partial charge < -0.3 is 10.4 Å². The van der Waals surface area contributed by atoms with Gasteiger partial charge in [-0.25, -0.2) is 0 Å². The van der Waals surface area contributed by atoms with Gasteiger partial charge in [0.1, 0.15) is 5.69 Å². The van der Waals surface area contributed by atoms with Crippen LogP contribution in [0.1, 0.15) is 12.5 Å². The average molecular weight is 224 g/mol. The Labute approximate surface area is 94.3 Å². The number of nitro benzene ring substituents is 1. The van der Waals surface area contributed by atoms with Gasteiger partial charge >= 0.3 is 0 Å². The SMILES string of the molecule is Cc1ccc(NCC(C)CO)c([N+](=O)[O-])c1. The molecule has 1 aromatic carbocycles. The number of hydrogen-bond acceptors (Lipinski definition) is 4. The first-order valence-electron chi connectivity index (χ1n) is 5.14. The van der Waals surface area contributed by atoms with Crippen molar-refractivity contribution in [3.8, 4) is 0 Å². The summed E-state index contributed by atoms with van der Waals surface area (Å²) in [5.74, 6) is 0.0703. The summed E-state index contributed by atoms with van der Waals surface area (Å²) in [5.41, 5.74) is 1.42. The van der Waals surface area contributed by atoms with Crippen molar-refractivity contribution >= 4 is 11.4 Å². The molecule has 1 aromatic rings. The molecule has 2 N–H and O–H groups in total. The van der Waals surface area contributed by atoms with E-state index in [0.717, 1.165) is 5.56 Å². The molecule has 0 aliphatic rings. The maximum atomic E-state index is 10.8. The number of nitrogens with one attached hydrogen (secondary N) is 1. The van der Waals surface area contributed by atoms with Crippen molar-refractivity contribution in [2.45, 2.75) is 13.8 Å². The van der Waals surface area contributed by atoms with Gasteiger partial charge in [-0.2, -0.15) is 0 Å². The molecule has 0 fully saturated rings. The molecule has 5 nitrogen and oxygen atoms in total. The topological polar surface area (TPSA) is 75.4 Å². The van der Waals surface area contributed by atoms with E-state index in [1.807, 2.05) is 19.9 Å². The minimum absolute atomic E-state index is 0.0622. The quantitative estimate of drug-likeness (QED) is 0.592. The Bertz CT molecular complexity index is 379. The van der Waals surface area contributed by atoms with Crippen LogP contribution >= 0.6 is 0 Å². The van der Waals surface area contributed by atoms with Gasteiger partial charge in [0.2, 0.25) is 0 Å². The van der Waals surface area contributed by atoms with Crippen molar-refractivity contribution in [2.75, 3.05) is 18.5 Å². The molecule has 16 heavy (non-hydrogen) atoms. The Balaban J connectivity index is 2.82. The number of aryl methyl sites for hydroxylation is 1. The first-order valence-corrected chi connectivity index (χ1v) is 5.14. The normalized spacial score (nSPS) is 12.2. The zero-order chi connectivity index (χ0) is 12.1. The minimum atomic E-state index is -0.404. The Morgan fingerprint density at radius 3 is 2.81 bits per heavy atom. The van der Waals surface area contributed by atoms with E-state index in [4.69, 9.17) is 5.11 Å². The zero-order valence-corrected chi connectivity index (χ0v) is 9.43. The molecule has 0 radical (unpaired) electrons. The Kier molecular flexibility index (Phi) is 4.25. The smallest absolute Gasteiger partial charge is 0.292 e. The number of aliphatic hydroxyl groups is 1. The van der Waals surface area contributed by atoms with Crippen LogP contribution in [0.15, 0.2) is 18.2 Å². The molecular formula is C11H16N2O3. The summed E-state index contributed by atoms with van der Waals surface area (Å²) in [6, 6.07) is 5.04. The number of hydrogen-bond donors (Lipinski definition) is 2. The molecule has 0 aromatic heterocycles. The van der Waals surface area contributed by atoms with Gasteiger partial charge in [-0.05, 0) is 24.5 Å². The highest BCUT2D eigenvalue weighted by atomic mass is 16.6. The predicted molar refractivity (Wildman–Crippen MR) is 62.6 cm³/mol. The minimum Gasteiger partial charge on any atom is -0.396 e. The largest absolute Gasteiger partial charge is 0.396 e. The molecule has 0 aliphatic heterocycles. The van der Waals surface area contributed by atoms with Crippen molar-refractivity contribution in [2.24, 2.45) is 5.92 Å². The summed E-state index contributed by atoms with van der Waals surface area (Å²) in [5, 5.41) is 22.6. The van der Waals surface area contributed by atoms with Gasteiger partial charge in [-0.3, -0.25) is 10.1 Å². The molecule has 5 heteroatoms. The number of benzene rings is 1. The number of rotatable bonds is 5. The van der Waals surface area contributed by atoms with Crippen LogP contribution in [0.5, 0.6) is 0 Å². The van der Waals surface area contributed by atoms with Crippen LogP contribution in [0, 0.1) is 23.0 Å². The van der Waals surface area contributed by atoms with Gasteiger partial charge in [0, 0.05) is 19.2 Å². The maximum absolute atomic E-state index is 10.8. The fourth-order valence-electron chi connectivity index (χ4n) is 1.29. The lowest BCUT2D eigenvalue weighted by Crippen LogP contribution is -2.15. The Morgan fingerprint density at radius 1 is 1.56 bits per heavy atom. The van der Waals surface area contributed by atoms with E-state index in [9.17, 15) is 10.1 Å². The molecule has 0 saturated carbocycles. The van der Waals surface area contributed by atoms with Gasteiger partial charge in [-0.15, -0.1) is 0 Å². The summed E-state index contributed by atoms with van der Waals surface area (Å²) in [6.07, 6.45) is 0. The number of nitro groups is 1. The third kappa shape index (κ3) is 3.20. The van der Waals surface area contributed by atoms with E-state index in [-0.39, 0.29) is 18.2 Å². The second-order valence-electron chi connectivity index (χ2n) is 3.95. The van der Waals surface area contributed by atoms with Crippen LogP contribution in [-0.2, 0) is 0 Å². The van der Waals surface area contributed by atoms with Crippen LogP contribution in [-0.4, -0.2) is 23.2 Å². The molecule has 0 aliphatic carbocycles. The van der Waals surface area contributed by atoms with E-state index in [2.05, 4.69) is 5.32 Å². The molecule has 0 amide bonds. The molecule has 0 saturated heterocycles. The molecular weight excluding hydrogens is 208 g/mol. The van der Waals surface area contributed by atoms with Crippen LogP contribution in [0.4, 0.5) is 11.4 Å². The van der Waals surface area contributed by atoms with Crippen molar-refractivity contribution in [1.29, 1.82) is 0 Å². The standard InChI is InChI=1S/C11H16N2O3/c1-8-3-4-10(11(5-8)13(15)16)12-6-9(2)7-14/h3-5,9,12,14H,6-7H2,1-2H3. The number of aliphatic hydroxyl groups excluding tert-OH is 1. The second kappa shape index (κ2) is 5.46. The highest BCUT2D eigenvalue weighted by molar-refractivity contribution is 5.62. The highest BCUT2D eigenvalue weighted by Crippen LogP contribution is 2.25. The van der Waals surface area contributed by atoms with Crippen molar-refractivity contribution in [3.63, 3.8) is 0 Å². The Hall–Kier alpha value is -1.62. The summed E-state index contributed by atoms with van der Waals surface area (Å²) in [6.45, 7) is 4.26. The summed E-state index contributed by atoms with van der Waals surface area (Å²) < 4.78 is 0. The van der Waals surface area contributed by atoms with Crippen molar-refractivity contribution < 1.29 is 10.0 Å². The summed E-state index contributed by atoms with van der Waals surface area (Å²) in [7, 11) is 0. The first kappa shape index (κ1) is 12.4. The molecule has 0 spiro atoms. The first-order chi connectivity index (χ1) is 7.54. The monoisotopic (exact) mass is 224 g/mol. The van der Waals surface area contributed by atoms with Gasteiger partial charge in [-0.1, -0.05) is 13.0 Å². The third-order valence-electron chi connectivity index (χ3n) is 2.30. The van der Waals surface area contributed by atoms with Gasteiger partial charge in [0.25, 0.3) is 5.69 Å². The molecule has 1 unspecified atom stereocenters. The average Bonchev–Trinajstić information content (AvgIpc) is 2.26. The van der Waals surface area contributed by atoms with Crippen molar-refractivity contribution in [1.82, 2.24) is 0 Å². The predicted octanol–water partition coefficient (Wildman–Crippen LogP) is 1.94. The summed E-state index contributed by atoms with van der Waals surface area (Å²) in [4.78, 5) is 10.4. The lowest BCUT2D eigenvalue weighted by atomic mass is 10.1.